The van der Waals surface area contributed by atoms with Gasteiger partial charge >= 0.3 is 0 Å². The Hall–Kier alpha value is -1.13. The molecule has 0 aliphatic carbocycles. The van der Waals surface area contributed by atoms with Gasteiger partial charge in [0.05, 0.1) is 12.1 Å². The molecular weight excluding hydrogens is 192 g/mol. The number of aliphatic hydroxyl groups is 1. The average Bonchev–Trinajstić information content (AvgIpc) is 2.48. The Morgan fingerprint density at radius 3 is 2.73 bits per heavy atom. The number of hydrogen-bond donors (Lipinski definition) is 1. The van der Waals surface area contributed by atoms with Gasteiger partial charge in [-0.15, -0.1) is 0 Å². The van der Waals surface area contributed by atoms with Gasteiger partial charge in [-0.25, -0.2) is 0 Å². The molecule has 0 amide bonds. The predicted molar refractivity (Wildman–Crippen MR) is 56.8 cm³/mol. The fraction of sp³-hybridized carbons (Fsp3) is 0.545. The van der Waals surface area contributed by atoms with Crippen molar-refractivity contribution in [2.45, 2.75) is 12.5 Å². The highest BCUT2D eigenvalue weighted by Crippen LogP contribution is 2.19. The van der Waals surface area contributed by atoms with Crippen LogP contribution in [0.2, 0.25) is 0 Å². The first-order chi connectivity index (χ1) is 6.96. The summed E-state index contributed by atoms with van der Waals surface area (Å²) in [6.07, 6.45) is 3.68. The second-order valence-electron chi connectivity index (χ2n) is 4.63. The fourth-order valence-electron chi connectivity index (χ4n) is 1.99. The summed E-state index contributed by atoms with van der Waals surface area (Å²) in [5.41, 5.74) is 0.140. The van der Waals surface area contributed by atoms with Gasteiger partial charge in [-0.05, 0) is 13.0 Å². The number of carbonyl (C=O) groups excluding carboxylic acids is 1. The number of rotatable bonds is 3. The van der Waals surface area contributed by atoms with Crippen LogP contribution in [-0.4, -0.2) is 45.6 Å². The maximum absolute atomic E-state index is 11.7. The summed E-state index contributed by atoms with van der Waals surface area (Å²) in [6, 6.07) is 1.82. The fourth-order valence-corrected chi connectivity index (χ4v) is 1.99. The minimum Gasteiger partial charge on any atom is -0.388 e. The van der Waals surface area contributed by atoms with Crippen LogP contribution < -0.4 is 0 Å². The number of ketones is 1. The van der Waals surface area contributed by atoms with Crippen molar-refractivity contribution in [3.05, 3.63) is 24.0 Å². The molecule has 1 aliphatic heterocycles. The molecule has 4 nitrogen and oxygen atoms in total. The molecule has 1 aliphatic rings. The summed E-state index contributed by atoms with van der Waals surface area (Å²) in [4.78, 5) is 13.7. The topological polar surface area (TPSA) is 45.5 Å². The number of Topliss-reactive ketones (excluding diaryl/α,β-unsaturated/α-hetero) is 1. The van der Waals surface area contributed by atoms with E-state index in [0.29, 0.717) is 19.6 Å². The van der Waals surface area contributed by atoms with Gasteiger partial charge in [-0.1, -0.05) is 0 Å². The van der Waals surface area contributed by atoms with Crippen LogP contribution in [0.5, 0.6) is 0 Å². The molecule has 1 saturated heterocycles. The van der Waals surface area contributed by atoms with E-state index in [1.807, 2.05) is 35.0 Å². The van der Waals surface area contributed by atoms with Crippen molar-refractivity contribution < 1.29 is 9.90 Å². The van der Waals surface area contributed by atoms with E-state index < -0.39 is 5.60 Å². The second kappa shape index (κ2) is 3.47. The zero-order chi connectivity index (χ0) is 11.1. The molecule has 1 N–H and O–H groups in total. The highest BCUT2D eigenvalue weighted by atomic mass is 16.3. The maximum atomic E-state index is 11.7. The second-order valence-corrected chi connectivity index (χ2v) is 4.63. The van der Waals surface area contributed by atoms with Crippen LogP contribution in [0.25, 0.3) is 0 Å². The number of aromatic nitrogens is 1. The Balaban J connectivity index is 1.89. The predicted octanol–water partition coefficient (Wildman–Crippen LogP) is 0.274. The van der Waals surface area contributed by atoms with Crippen LogP contribution in [-0.2, 0) is 7.05 Å². The zero-order valence-electron chi connectivity index (χ0n) is 9.10. The third-order valence-corrected chi connectivity index (χ3v) is 2.65. The van der Waals surface area contributed by atoms with Gasteiger partial charge in [0.15, 0.2) is 5.78 Å². The number of carbonyl (C=O) groups is 1. The minimum atomic E-state index is -0.600. The van der Waals surface area contributed by atoms with Crippen LogP contribution in [0, 0.1) is 0 Å². The van der Waals surface area contributed by atoms with E-state index in [1.54, 1.807) is 6.92 Å². The number of nitrogens with zero attached hydrogens (tertiary/aromatic N) is 2. The van der Waals surface area contributed by atoms with Crippen LogP contribution >= 0.6 is 0 Å². The van der Waals surface area contributed by atoms with E-state index in [2.05, 4.69) is 0 Å². The molecule has 0 bridgehead atoms. The van der Waals surface area contributed by atoms with E-state index in [-0.39, 0.29) is 5.78 Å². The highest BCUT2D eigenvalue weighted by molar-refractivity contribution is 5.97. The van der Waals surface area contributed by atoms with Crippen LogP contribution in [0.4, 0.5) is 0 Å². The van der Waals surface area contributed by atoms with E-state index >= 15 is 0 Å². The molecule has 0 radical (unpaired) electrons. The summed E-state index contributed by atoms with van der Waals surface area (Å²) < 4.78 is 1.86. The third kappa shape index (κ3) is 2.27. The lowest BCUT2D eigenvalue weighted by atomic mass is 9.96. The van der Waals surface area contributed by atoms with Crippen molar-refractivity contribution in [2.75, 3.05) is 19.6 Å². The van der Waals surface area contributed by atoms with Crippen molar-refractivity contribution in [2.24, 2.45) is 7.05 Å². The Kier molecular flexibility index (Phi) is 2.40. The Labute approximate surface area is 89.1 Å². The monoisotopic (exact) mass is 208 g/mol. The molecule has 0 spiro atoms. The van der Waals surface area contributed by atoms with E-state index in [9.17, 15) is 9.90 Å². The van der Waals surface area contributed by atoms with Crippen LogP contribution in [0.15, 0.2) is 18.5 Å². The molecule has 15 heavy (non-hydrogen) atoms. The van der Waals surface area contributed by atoms with Gasteiger partial charge in [-0.3, -0.25) is 9.69 Å². The van der Waals surface area contributed by atoms with Gasteiger partial charge in [0, 0.05) is 38.1 Å². The lowest BCUT2D eigenvalue weighted by Crippen LogP contribution is -2.60. The van der Waals surface area contributed by atoms with E-state index in [1.165, 1.54) is 0 Å². The van der Waals surface area contributed by atoms with Crippen molar-refractivity contribution in [3.63, 3.8) is 0 Å². The summed E-state index contributed by atoms with van der Waals surface area (Å²) in [5.74, 6) is 0.117. The molecule has 82 valence electrons. The van der Waals surface area contributed by atoms with E-state index in [4.69, 9.17) is 0 Å². The molecule has 0 aromatic carbocycles. The first kappa shape index (κ1) is 10.4. The highest BCUT2D eigenvalue weighted by Gasteiger charge is 2.37. The van der Waals surface area contributed by atoms with Gasteiger partial charge in [0.2, 0.25) is 0 Å². The molecule has 0 saturated carbocycles. The molecule has 1 fully saturated rings. The number of aryl methyl sites for hydroxylation is 1. The Bertz CT molecular complexity index is 374. The smallest absolute Gasteiger partial charge is 0.178 e. The first-order valence-electron chi connectivity index (χ1n) is 5.06. The summed E-state index contributed by atoms with van der Waals surface area (Å²) in [7, 11) is 1.89. The minimum absolute atomic E-state index is 0.117. The molecule has 1 aromatic heterocycles. The van der Waals surface area contributed by atoms with Gasteiger partial charge in [-0.2, -0.15) is 0 Å². The average molecular weight is 208 g/mol. The van der Waals surface area contributed by atoms with Crippen LogP contribution in [0.3, 0.4) is 0 Å². The third-order valence-electron chi connectivity index (χ3n) is 2.65. The summed E-state index contributed by atoms with van der Waals surface area (Å²) in [6.45, 7) is 3.37. The SMILES string of the molecule is Cn1ccc(C(=O)CN2CC(C)(O)C2)c1. The quantitative estimate of drug-likeness (QED) is 0.725. The van der Waals surface area contributed by atoms with Crippen LogP contribution in [0.1, 0.15) is 17.3 Å². The van der Waals surface area contributed by atoms with Gasteiger partial charge in [0.25, 0.3) is 0 Å². The Morgan fingerprint density at radius 1 is 1.60 bits per heavy atom. The molecule has 2 heterocycles. The zero-order valence-corrected chi connectivity index (χ0v) is 9.10. The standard InChI is InChI=1S/C11H16N2O2/c1-11(15)7-13(8-11)6-10(14)9-3-4-12(2)5-9/h3-5,15H,6-8H2,1-2H3. The largest absolute Gasteiger partial charge is 0.388 e. The normalized spacial score (nSPS) is 19.9. The maximum Gasteiger partial charge on any atom is 0.178 e. The molecule has 4 heteroatoms. The van der Waals surface area contributed by atoms with Crippen molar-refractivity contribution in [1.29, 1.82) is 0 Å². The van der Waals surface area contributed by atoms with Crippen molar-refractivity contribution in [1.82, 2.24) is 9.47 Å². The van der Waals surface area contributed by atoms with Crippen molar-refractivity contribution >= 4 is 5.78 Å². The van der Waals surface area contributed by atoms with Gasteiger partial charge in [0.1, 0.15) is 0 Å². The summed E-state index contributed by atoms with van der Waals surface area (Å²) in [5, 5.41) is 9.51. The Morgan fingerprint density at radius 2 is 2.27 bits per heavy atom. The molecule has 2 rings (SSSR count). The number of hydrogen-bond acceptors (Lipinski definition) is 3. The number of β-amino-alcohol motifs (C(OH)–C–C–N with tert-alkyl or cyclic N) is 1. The lowest BCUT2D eigenvalue weighted by molar-refractivity contribution is -0.0785. The number of likely N-dealkylation sites (tertiary alicyclic amines) is 1. The summed E-state index contributed by atoms with van der Waals surface area (Å²) >= 11 is 0. The molecule has 0 unspecified atom stereocenters. The lowest BCUT2D eigenvalue weighted by Gasteiger charge is -2.43. The molecule has 0 atom stereocenters. The first-order valence-corrected chi connectivity index (χ1v) is 5.06. The molecular formula is C11H16N2O2. The van der Waals surface area contributed by atoms with Gasteiger partial charge < -0.3 is 9.67 Å². The van der Waals surface area contributed by atoms with Crippen molar-refractivity contribution in [3.8, 4) is 0 Å². The molecule has 1 aromatic rings. The van der Waals surface area contributed by atoms with E-state index in [0.717, 1.165) is 5.56 Å².